The van der Waals surface area contributed by atoms with Crippen molar-refractivity contribution in [2.75, 3.05) is 39.8 Å². The highest BCUT2D eigenvalue weighted by atomic mass is 32.2. The summed E-state index contributed by atoms with van der Waals surface area (Å²) in [5.74, 6) is 0.491. The Labute approximate surface area is 185 Å². The van der Waals surface area contributed by atoms with Gasteiger partial charge in [-0.05, 0) is 50.7 Å². The summed E-state index contributed by atoms with van der Waals surface area (Å²) >= 11 is 0. The lowest BCUT2D eigenvalue weighted by Gasteiger charge is -2.31. The number of rotatable bonds is 8. The van der Waals surface area contributed by atoms with Crippen LogP contribution in [0.25, 0.3) is 0 Å². The van der Waals surface area contributed by atoms with Crippen LogP contribution >= 0.6 is 0 Å². The molecular weight excluding hydrogens is 414 g/mol. The second kappa shape index (κ2) is 10.3. The molecule has 1 N–H and O–H groups in total. The van der Waals surface area contributed by atoms with Gasteiger partial charge in [-0.1, -0.05) is 29.8 Å². The second-order valence-electron chi connectivity index (χ2n) is 8.15. The van der Waals surface area contributed by atoms with Gasteiger partial charge in [0, 0.05) is 31.7 Å². The van der Waals surface area contributed by atoms with E-state index in [-0.39, 0.29) is 17.7 Å². The Balaban J connectivity index is 1.50. The summed E-state index contributed by atoms with van der Waals surface area (Å²) in [7, 11) is -1.37. The molecule has 0 unspecified atom stereocenters. The van der Waals surface area contributed by atoms with Gasteiger partial charge in [0.25, 0.3) is 5.91 Å². The molecule has 0 spiro atoms. The van der Waals surface area contributed by atoms with Crippen LogP contribution in [0.1, 0.15) is 28.4 Å². The third-order valence-electron chi connectivity index (χ3n) is 5.32. The van der Waals surface area contributed by atoms with Crippen LogP contribution in [0.15, 0.2) is 48.5 Å². The van der Waals surface area contributed by atoms with Crippen LogP contribution in [0.3, 0.4) is 0 Å². The molecule has 1 fully saturated rings. The average molecular weight is 446 g/mol. The Bertz CT molecular complexity index is 967. The molecule has 168 valence electrons. The van der Waals surface area contributed by atoms with E-state index in [0.717, 1.165) is 24.4 Å². The molecule has 1 amide bonds. The normalized spacial score (nSPS) is 16.6. The number of hydrogen-bond donors (Lipinski definition) is 1. The molecule has 2 aromatic carbocycles. The molecule has 3 rings (SSSR count). The third kappa shape index (κ3) is 6.78. The summed E-state index contributed by atoms with van der Waals surface area (Å²) in [6.07, 6.45) is 0. The lowest BCUT2D eigenvalue weighted by atomic mass is 10.1. The number of benzene rings is 2. The summed E-state index contributed by atoms with van der Waals surface area (Å²) in [6, 6.07) is 14.3. The van der Waals surface area contributed by atoms with E-state index in [2.05, 4.69) is 10.2 Å². The molecular formula is C23H31N3O4S. The number of ether oxygens (including phenoxy) is 1. The minimum atomic E-state index is -3.36. The van der Waals surface area contributed by atoms with Crippen LogP contribution in [-0.2, 0) is 15.8 Å². The first-order valence-electron chi connectivity index (χ1n) is 10.5. The molecule has 31 heavy (non-hydrogen) atoms. The number of sulfonamides is 1. The number of aryl methyl sites for hydroxylation is 1. The molecule has 1 heterocycles. The second-order valence-corrected chi connectivity index (χ2v) is 10.1. The van der Waals surface area contributed by atoms with Gasteiger partial charge in [0.1, 0.15) is 12.4 Å². The molecule has 0 bridgehead atoms. The van der Waals surface area contributed by atoms with Crippen LogP contribution < -0.4 is 10.1 Å². The van der Waals surface area contributed by atoms with Gasteiger partial charge in [-0.25, -0.2) is 8.42 Å². The van der Waals surface area contributed by atoms with E-state index in [1.807, 2.05) is 45.2 Å². The van der Waals surface area contributed by atoms with E-state index in [4.69, 9.17) is 4.74 Å². The first kappa shape index (κ1) is 23.2. The van der Waals surface area contributed by atoms with E-state index in [1.54, 1.807) is 28.6 Å². The molecule has 0 aliphatic carbocycles. The fraction of sp³-hybridized carbons (Fsp3) is 0.435. The van der Waals surface area contributed by atoms with Crippen LogP contribution in [0, 0.1) is 6.92 Å². The topological polar surface area (TPSA) is 78.9 Å². The standard InChI is InChI=1S/C23H31N3O4S/c1-18-4-10-22(11-5-18)30-16-19(2)24-23(27)21-8-6-20(7-9-21)17-31(28,29)26-14-12-25(3)13-15-26/h4-11,19H,12-17H2,1-3H3,(H,24,27)/t19-/m0/s1. The van der Waals surface area contributed by atoms with Crippen molar-refractivity contribution < 1.29 is 17.9 Å². The van der Waals surface area contributed by atoms with E-state index in [0.29, 0.717) is 30.8 Å². The van der Waals surface area contributed by atoms with E-state index < -0.39 is 10.0 Å². The van der Waals surface area contributed by atoms with Gasteiger partial charge in [0.05, 0.1) is 11.8 Å². The average Bonchev–Trinajstić information content (AvgIpc) is 2.74. The quantitative estimate of drug-likeness (QED) is 0.674. The zero-order chi connectivity index (χ0) is 22.4. The molecule has 1 aliphatic heterocycles. The number of hydrogen-bond acceptors (Lipinski definition) is 5. The number of nitrogens with one attached hydrogen (secondary N) is 1. The first-order chi connectivity index (χ1) is 14.7. The molecule has 1 saturated heterocycles. The van der Waals surface area contributed by atoms with Gasteiger partial charge >= 0.3 is 0 Å². The summed E-state index contributed by atoms with van der Waals surface area (Å²) in [5.41, 5.74) is 2.32. The lowest BCUT2D eigenvalue weighted by Crippen LogP contribution is -2.47. The minimum Gasteiger partial charge on any atom is -0.491 e. The van der Waals surface area contributed by atoms with Crippen molar-refractivity contribution in [1.82, 2.24) is 14.5 Å². The summed E-state index contributed by atoms with van der Waals surface area (Å²) in [4.78, 5) is 14.6. The largest absolute Gasteiger partial charge is 0.491 e. The van der Waals surface area contributed by atoms with Crippen molar-refractivity contribution in [2.45, 2.75) is 25.6 Å². The lowest BCUT2D eigenvalue weighted by molar-refractivity contribution is 0.0926. The van der Waals surface area contributed by atoms with E-state index in [1.165, 1.54) is 0 Å². The van der Waals surface area contributed by atoms with Crippen LogP contribution in [0.2, 0.25) is 0 Å². The Kier molecular flexibility index (Phi) is 7.69. The van der Waals surface area contributed by atoms with E-state index in [9.17, 15) is 13.2 Å². The van der Waals surface area contributed by atoms with Crippen molar-refractivity contribution in [2.24, 2.45) is 0 Å². The van der Waals surface area contributed by atoms with Gasteiger partial charge < -0.3 is 15.0 Å². The smallest absolute Gasteiger partial charge is 0.251 e. The SMILES string of the molecule is Cc1ccc(OC[C@H](C)NC(=O)c2ccc(CS(=O)(=O)N3CCN(C)CC3)cc2)cc1. The fourth-order valence-corrected chi connectivity index (χ4v) is 4.84. The highest BCUT2D eigenvalue weighted by Crippen LogP contribution is 2.15. The highest BCUT2D eigenvalue weighted by molar-refractivity contribution is 7.88. The third-order valence-corrected chi connectivity index (χ3v) is 7.17. The molecule has 8 heteroatoms. The monoisotopic (exact) mass is 445 g/mol. The van der Waals surface area contributed by atoms with Crippen molar-refractivity contribution >= 4 is 15.9 Å². The van der Waals surface area contributed by atoms with Crippen molar-refractivity contribution in [1.29, 1.82) is 0 Å². The maximum atomic E-state index is 12.6. The number of piperazine rings is 1. The van der Waals surface area contributed by atoms with Crippen LogP contribution in [0.5, 0.6) is 5.75 Å². The molecule has 0 aromatic heterocycles. The summed E-state index contributed by atoms with van der Waals surface area (Å²) < 4.78 is 32.5. The zero-order valence-electron chi connectivity index (χ0n) is 18.4. The molecule has 2 aromatic rings. The van der Waals surface area contributed by atoms with Crippen LogP contribution in [0.4, 0.5) is 0 Å². The Morgan fingerprint density at radius 3 is 2.26 bits per heavy atom. The van der Waals surface area contributed by atoms with Gasteiger partial charge in [-0.15, -0.1) is 0 Å². The Morgan fingerprint density at radius 1 is 1.03 bits per heavy atom. The molecule has 7 nitrogen and oxygen atoms in total. The first-order valence-corrected chi connectivity index (χ1v) is 12.1. The predicted octanol–water partition coefficient (Wildman–Crippen LogP) is 2.27. The molecule has 0 saturated carbocycles. The molecule has 1 aliphatic rings. The minimum absolute atomic E-state index is 0.0561. The number of nitrogens with zero attached hydrogens (tertiary/aromatic N) is 2. The van der Waals surface area contributed by atoms with Crippen molar-refractivity contribution in [3.05, 3.63) is 65.2 Å². The van der Waals surface area contributed by atoms with Gasteiger partial charge in [0.15, 0.2) is 0 Å². The maximum absolute atomic E-state index is 12.6. The van der Waals surface area contributed by atoms with Gasteiger partial charge in [-0.2, -0.15) is 4.31 Å². The molecule has 1 atom stereocenters. The maximum Gasteiger partial charge on any atom is 0.251 e. The van der Waals surface area contributed by atoms with Crippen LogP contribution in [-0.4, -0.2) is 69.4 Å². The van der Waals surface area contributed by atoms with Crippen molar-refractivity contribution in [3.8, 4) is 5.75 Å². The number of likely N-dealkylation sites (N-methyl/N-ethyl adjacent to an activating group) is 1. The Hall–Kier alpha value is -2.42. The van der Waals surface area contributed by atoms with Gasteiger partial charge in [0.2, 0.25) is 10.0 Å². The number of carbonyl (C=O) groups is 1. The molecule has 0 radical (unpaired) electrons. The Morgan fingerprint density at radius 2 is 1.65 bits per heavy atom. The summed E-state index contributed by atoms with van der Waals surface area (Å²) in [6.45, 7) is 6.76. The fourth-order valence-electron chi connectivity index (χ4n) is 3.33. The summed E-state index contributed by atoms with van der Waals surface area (Å²) in [5, 5.41) is 2.91. The number of carbonyl (C=O) groups excluding carboxylic acids is 1. The van der Waals surface area contributed by atoms with Gasteiger partial charge in [-0.3, -0.25) is 4.79 Å². The van der Waals surface area contributed by atoms with E-state index >= 15 is 0 Å². The zero-order valence-corrected chi connectivity index (χ0v) is 19.2. The predicted molar refractivity (Wildman–Crippen MR) is 122 cm³/mol. The highest BCUT2D eigenvalue weighted by Gasteiger charge is 2.25. The number of amides is 1. The van der Waals surface area contributed by atoms with Crippen molar-refractivity contribution in [3.63, 3.8) is 0 Å².